The summed E-state index contributed by atoms with van der Waals surface area (Å²) < 4.78 is 0. The molecule has 0 aliphatic heterocycles. The van der Waals surface area contributed by atoms with Crippen molar-refractivity contribution in [3.8, 4) is 0 Å². The molecule has 0 amide bonds. The normalized spacial score (nSPS) is 11.4. The van der Waals surface area contributed by atoms with E-state index in [9.17, 15) is 0 Å². The number of hydrogen-bond acceptors (Lipinski definition) is 0. The molecule has 0 aromatic heterocycles. The average Bonchev–Trinajstić information content (AvgIpc) is 2.46. The second-order valence-electron chi connectivity index (χ2n) is 5.55. The van der Waals surface area contributed by atoms with E-state index in [-0.39, 0.29) is 0 Å². The average molecular weight is 329 g/mol. The highest BCUT2D eigenvalue weighted by Gasteiger charge is 1.97. The van der Waals surface area contributed by atoms with Gasteiger partial charge in [-0.2, -0.15) is 0 Å². The van der Waals surface area contributed by atoms with E-state index in [4.69, 9.17) is 0 Å². The first kappa shape index (κ1) is 15.1. The molecule has 0 spiro atoms. The molecule has 1 heteroatoms. The van der Waals surface area contributed by atoms with Crippen LogP contribution in [0.25, 0.3) is 12.2 Å². The van der Waals surface area contributed by atoms with E-state index in [1.807, 2.05) is 0 Å². The second kappa shape index (κ2) is 7.44. The molecule has 0 saturated heterocycles. The van der Waals surface area contributed by atoms with Gasteiger partial charge in [0.05, 0.1) is 0 Å². The fourth-order valence-corrected chi connectivity index (χ4v) is 2.52. The maximum absolute atomic E-state index is 3.46. The van der Waals surface area contributed by atoms with E-state index >= 15 is 0 Å². The van der Waals surface area contributed by atoms with Crippen LogP contribution in [-0.2, 0) is 11.8 Å². The molecule has 0 fully saturated rings. The van der Waals surface area contributed by atoms with Crippen LogP contribution in [0.5, 0.6) is 0 Å². The second-order valence-corrected chi connectivity index (χ2v) is 6.11. The van der Waals surface area contributed by atoms with Gasteiger partial charge in [-0.1, -0.05) is 90.5 Å². The Morgan fingerprint density at radius 2 is 1.25 bits per heavy atom. The first-order valence-corrected chi connectivity index (χ1v) is 8.21. The van der Waals surface area contributed by atoms with Crippen LogP contribution in [-0.4, -0.2) is 0 Å². The first-order chi connectivity index (χ1) is 9.67. The maximum Gasteiger partial charge on any atom is 0.0283 e. The zero-order valence-corrected chi connectivity index (χ0v) is 13.7. The molecule has 0 saturated carbocycles. The summed E-state index contributed by atoms with van der Waals surface area (Å²) >= 11 is 3.46. The molecule has 0 unspecified atom stereocenters. The molecule has 2 aromatic carbocycles. The van der Waals surface area contributed by atoms with Crippen molar-refractivity contribution in [3.63, 3.8) is 0 Å². The van der Waals surface area contributed by atoms with Gasteiger partial charge < -0.3 is 0 Å². The van der Waals surface area contributed by atoms with Crippen molar-refractivity contribution >= 4 is 28.1 Å². The highest BCUT2D eigenvalue weighted by Crippen LogP contribution is 2.14. The van der Waals surface area contributed by atoms with Crippen molar-refractivity contribution in [2.24, 2.45) is 5.92 Å². The van der Waals surface area contributed by atoms with E-state index in [1.54, 1.807) is 0 Å². The van der Waals surface area contributed by atoms with Gasteiger partial charge in [0.1, 0.15) is 0 Å². The molecule has 20 heavy (non-hydrogen) atoms. The van der Waals surface area contributed by atoms with E-state index < -0.39 is 0 Å². The molecule has 104 valence electrons. The molecule has 2 rings (SSSR count). The SMILES string of the molecule is CC(C)Cc1ccc(/C=C/c2ccc(CBr)cc2)cc1. The summed E-state index contributed by atoms with van der Waals surface area (Å²) in [5.41, 5.74) is 5.21. The molecule has 0 atom stereocenters. The van der Waals surface area contributed by atoms with Gasteiger partial charge in [-0.3, -0.25) is 0 Å². The topological polar surface area (TPSA) is 0 Å². The van der Waals surface area contributed by atoms with Gasteiger partial charge in [0.25, 0.3) is 0 Å². The molecule has 0 heterocycles. The molecule has 0 nitrogen and oxygen atoms in total. The van der Waals surface area contributed by atoms with Gasteiger partial charge in [-0.15, -0.1) is 0 Å². The van der Waals surface area contributed by atoms with Crippen LogP contribution in [0.4, 0.5) is 0 Å². The molecule has 0 aliphatic rings. The van der Waals surface area contributed by atoms with Gasteiger partial charge in [0, 0.05) is 5.33 Å². The van der Waals surface area contributed by atoms with Crippen molar-refractivity contribution < 1.29 is 0 Å². The predicted molar refractivity (Wildman–Crippen MR) is 93.0 cm³/mol. The smallest absolute Gasteiger partial charge is 0.0283 e. The van der Waals surface area contributed by atoms with Gasteiger partial charge in [-0.25, -0.2) is 0 Å². The summed E-state index contributed by atoms with van der Waals surface area (Å²) in [6, 6.07) is 17.5. The Labute approximate surface area is 130 Å². The summed E-state index contributed by atoms with van der Waals surface area (Å²) in [7, 11) is 0. The third-order valence-electron chi connectivity index (χ3n) is 3.23. The van der Waals surface area contributed by atoms with Crippen LogP contribution in [0.15, 0.2) is 48.5 Å². The summed E-state index contributed by atoms with van der Waals surface area (Å²) in [5.74, 6) is 0.712. The Morgan fingerprint density at radius 3 is 1.65 bits per heavy atom. The van der Waals surface area contributed by atoms with Crippen molar-refractivity contribution in [1.29, 1.82) is 0 Å². The van der Waals surface area contributed by atoms with Crippen molar-refractivity contribution in [1.82, 2.24) is 0 Å². The Balaban J connectivity index is 2.03. The monoisotopic (exact) mass is 328 g/mol. The lowest BCUT2D eigenvalue weighted by molar-refractivity contribution is 0.647. The zero-order chi connectivity index (χ0) is 14.4. The van der Waals surface area contributed by atoms with Crippen LogP contribution in [0.1, 0.15) is 36.1 Å². The van der Waals surface area contributed by atoms with Gasteiger partial charge in [0.2, 0.25) is 0 Å². The fourth-order valence-electron chi connectivity index (χ4n) is 2.15. The Hall–Kier alpha value is -1.34. The molecule has 0 N–H and O–H groups in total. The lowest BCUT2D eigenvalue weighted by Gasteiger charge is -2.04. The standard InChI is InChI=1S/C19H21Br/c1-15(2)13-18-9-5-16(6-10-18)3-4-17-7-11-19(14-20)12-8-17/h3-12,15H,13-14H2,1-2H3/b4-3+. The minimum atomic E-state index is 0.712. The first-order valence-electron chi connectivity index (χ1n) is 7.09. The maximum atomic E-state index is 3.46. The lowest BCUT2D eigenvalue weighted by atomic mass is 10.0. The molecule has 0 aliphatic carbocycles. The van der Waals surface area contributed by atoms with E-state index in [2.05, 4.69) is 90.5 Å². The minimum absolute atomic E-state index is 0.712. The number of halogens is 1. The molecule has 2 aromatic rings. The van der Waals surface area contributed by atoms with Crippen molar-refractivity contribution in [3.05, 3.63) is 70.8 Å². The van der Waals surface area contributed by atoms with Crippen LogP contribution in [0, 0.1) is 5.92 Å². The van der Waals surface area contributed by atoms with Crippen molar-refractivity contribution in [2.75, 3.05) is 0 Å². The largest absolute Gasteiger partial charge is 0.0876 e. The van der Waals surface area contributed by atoms with E-state index in [0.717, 1.165) is 11.8 Å². The lowest BCUT2D eigenvalue weighted by Crippen LogP contribution is -1.93. The fraction of sp³-hybridized carbons (Fsp3) is 0.263. The predicted octanol–water partition coefficient (Wildman–Crippen LogP) is 5.95. The Kier molecular flexibility index (Phi) is 5.60. The third kappa shape index (κ3) is 4.64. The van der Waals surface area contributed by atoms with Crippen LogP contribution < -0.4 is 0 Å². The summed E-state index contributed by atoms with van der Waals surface area (Å²) in [4.78, 5) is 0. The molecular formula is C19H21Br. The van der Waals surface area contributed by atoms with Crippen LogP contribution in [0.3, 0.4) is 0 Å². The summed E-state index contributed by atoms with van der Waals surface area (Å²) in [5, 5.41) is 0.911. The van der Waals surface area contributed by atoms with Gasteiger partial charge in [0.15, 0.2) is 0 Å². The highest BCUT2D eigenvalue weighted by molar-refractivity contribution is 9.08. The van der Waals surface area contributed by atoms with Crippen molar-refractivity contribution in [2.45, 2.75) is 25.6 Å². The van der Waals surface area contributed by atoms with E-state index in [0.29, 0.717) is 5.92 Å². The highest BCUT2D eigenvalue weighted by atomic mass is 79.9. The Bertz CT molecular complexity index is 547. The number of alkyl halides is 1. The zero-order valence-electron chi connectivity index (χ0n) is 12.1. The number of benzene rings is 2. The van der Waals surface area contributed by atoms with E-state index in [1.165, 1.54) is 22.3 Å². The number of hydrogen-bond donors (Lipinski definition) is 0. The third-order valence-corrected chi connectivity index (χ3v) is 3.87. The van der Waals surface area contributed by atoms with Crippen LogP contribution >= 0.6 is 15.9 Å². The summed E-state index contributed by atoms with van der Waals surface area (Å²) in [6.45, 7) is 4.51. The molecule has 0 bridgehead atoms. The van der Waals surface area contributed by atoms with Gasteiger partial charge in [-0.05, 0) is 34.6 Å². The number of rotatable bonds is 5. The summed E-state index contributed by atoms with van der Waals surface area (Å²) in [6.07, 6.45) is 5.48. The molecular weight excluding hydrogens is 308 g/mol. The quantitative estimate of drug-likeness (QED) is 0.470. The van der Waals surface area contributed by atoms with Crippen LogP contribution in [0.2, 0.25) is 0 Å². The minimum Gasteiger partial charge on any atom is -0.0876 e. The Morgan fingerprint density at radius 1 is 0.800 bits per heavy atom. The molecule has 0 radical (unpaired) electrons. The van der Waals surface area contributed by atoms with Gasteiger partial charge >= 0.3 is 0 Å².